The van der Waals surface area contributed by atoms with E-state index in [0.717, 1.165) is 61.7 Å². The van der Waals surface area contributed by atoms with E-state index in [1.165, 1.54) is 0 Å². The maximum Gasteiger partial charge on any atom is 0.218 e. The SMILES string of the molecule is Cc1cccc(CS(=O)(=O)N2CCCC[C@@H]2c2nnc3n2CCN(C)C3)c1. The first kappa shape index (κ1) is 18.6. The van der Waals surface area contributed by atoms with Crippen molar-refractivity contribution in [3.63, 3.8) is 0 Å². The molecule has 0 unspecified atom stereocenters. The van der Waals surface area contributed by atoms with Crippen LogP contribution in [0, 0.1) is 6.92 Å². The van der Waals surface area contributed by atoms with E-state index in [1.807, 2.05) is 31.2 Å². The molecule has 2 aliphatic rings. The molecule has 2 aliphatic heterocycles. The van der Waals surface area contributed by atoms with Crippen molar-refractivity contribution in [1.82, 2.24) is 24.0 Å². The summed E-state index contributed by atoms with van der Waals surface area (Å²) in [6, 6.07) is 7.53. The smallest absolute Gasteiger partial charge is 0.218 e. The highest BCUT2D eigenvalue weighted by Gasteiger charge is 2.37. The van der Waals surface area contributed by atoms with Gasteiger partial charge in [0.1, 0.15) is 5.82 Å². The standard InChI is InChI=1S/C19H27N5O2S/c1-15-6-5-7-16(12-15)14-27(25,26)24-9-4-3-8-17(24)19-21-20-18-13-22(2)10-11-23(18)19/h5-7,12,17H,3-4,8-11,13-14H2,1-2H3/t17-/m1/s1. The molecule has 146 valence electrons. The summed E-state index contributed by atoms with van der Waals surface area (Å²) in [6.07, 6.45) is 2.72. The van der Waals surface area contributed by atoms with Crippen molar-refractivity contribution in [3.8, 4) is 0 Å². The maximum absolute atomic E-state index is 13.3. The van der Waals surface area contributed by atoms with Gasteiger partial charge in [-0.05, 0) is 32.4 Å². The van der Waals surface area contributed by atoms with Crippen molar-refractivity contribution < 1.29 is 8.42 Å². The number of rotatable bonds is 4. The summed E-state index contributed by atoms with van der Waals surface area (Å²) in [6.45, 7) is 5.05. The fraction of sp³-hybridized carbons (Fsp3) is 0.579. The lowest BCUT2D eigenvalue weighted by molar-refractivity contribution is 0.224. The molecule has 7 nitrogen and oxygen atoms in total. The Bertz CT molecular complexity index is 924. The van der Waals surface area contributed by atoms with Crippen molar-refractivity contribution in [3.05, 3.63) is 47.0 Å². The number of aryl methyl sites for hydroxylation is 1. The summed E-state index contributed by atoms with van der Waals surface area (Å²) in [7, 11) is -1.36. The van der Waals surface area contributed by atoms with Gasteiger partial charge < -0.3 is 4.57 Å². The minimum Gasteiger partial charge on any atom is -0.311 e. The lowest BCUT2D eigenvalue weighted by Gasteiger charge is -2.35. The first-order valence-electron chi connectivity index (χ1n) is 9.59. The summed E-state index contributed by atoms with van der Waals surface area (Å²) in [4.78, 5) is 2.21. The van der Waals surface area contributed by atoms with Crippen LogP contribution in [0.25, 0.3) is 0 Å². The number of likely N-dealkylation sites (N-methyl/N-ethyl adjacent to an activating group) is 1. The molecule has 1 atom stereocenters. The molecule has 0 spiro atoms. The molecule has 1 aromatic carbocycles. The first-order chi connectivity index (χ1) is 12.9. The fourth-order valence-electron chi connectivity index (χ4n) is 4.14. The van der Waals surface area contributed by atoms with E-state index in [1.54, 1.807) is 4.31 Å². The van der Waals surface area contributed by atoms with E-state index in [0.29, 0.717) is 6.54 Å². The summed E-state index contributed by atoms with van der Waals surface area (Å²) >= 11 is 0. The van der Waals surface area contributed by atoms with Crippen LogP contribution in [-0.2, 0) is 28.9 Å². The zero-order valence-electron chi connectivity index (χ0n) is 16.0. The van der Waals surface area contributed by atoms with Crippen molar-refractivity contribution in [2.24, 2.45) is 0 Å². The van der Waals surface area contributed by atoms with Gasteiger partial charge in [0.05, 0.1) is 18.3 Å². The lowest BCUT2D eigenvalue weighted by atomic mass is 10.0. The van der Waals surface area contributed by atoms with Crippen LogP contribution >= 0.6 is 0 Å². The molecular formula is C19H27N5O2S. The molecule has 1 fully saturated rings. The molecule has 27 heavy (non-hydrogen) atoms. The molecule has 2 aromatic rings. The average Bonchev–Trinajstić information content (AvgIpc) is 3.04. The van der Waals surface area contributed by atoms with Crippen molar-refractivity contribution in [1.29, 1.82) is 0 Å². The number of nitrogens with zero attached hydrogens (tertiary/aromatic N) is 5. The number of hydrogen-bond donors (Lipinski definition) is 0. The largest absolute Gasteiger partial charge is 0.311 e. The third-order valence-corrected chi connectivity index (χ3v) is 7.36. The van der Waals surface area contributed by atoms with Crippen LogP contribution in [0.1, 0.15) is 48.1 Å². The quantitative estimate of drug-likeness (QED) is 0.801. The Morgan fingerprint density at radius 3 is 2.81 bits per heavy atom. The third-order valence-electron chi connectivity index (χ3n) is 5.51. The van der Waals surface area contributed by atoms with E-state index >= 15 is 0 Å². The van der Waals surface area contributed by atoms with Gasteiger partial charge in [0.2, 0.25) is 10.0 Å². The van der Waals surface area contributed by atoms with Crippen LogP contribution in [-0.4, -0.2) is 52.5 Å². The minimum absolute atomic E-state index is 0.0366. The zero-order chi connectivity index (χ0) is 19.0. The summed E-state index contributed by atoms with van der Waals surface area (Å²) < 4.78 is 30.3. The first-order valence-corrected chi connectivity index (χ1v) is 11.2. The van der Waals surface area contributed by atoms with Gasteiger partial charge >= 0.3 is 0 Å². The number of aromatic nitrogens is 3. The zero-order valence-corrected chi connectivity index (χ0v) is 16.8. The maximum atomic E-state index is 13.3. The van der Waals surface area contributed by atoms with Gasteiger partial charge in [-0.15, -0.1) is 10.2 Å². The number of fused-ring (bicyclic) bond motifs is 1. The summed E-state index contributed by atoms with van der Waals surface area (Å²) in [5, 5.41) is 8.77. The van der Waals surface area contributed by atoms with Crippen molar-refractivity contribution >= 4 is 10.0 Å². The molecule has 3 heterocycles. The van der Waals surface area contributed by atoms with Gasteiger partial charge in [-0.25, -0.2) is 8.42 Å². The second-order valence-corrected chi connectivity index (χ2v) is 9.65. The van der Waals surface area contributed by atoms with Gasteiger partial charge in [-0.2, -0.15) is 4.31 Å². The Hall–Kier alpha value is -1.77. The highest BCUT2D eigenvalue weighted by molar-refractivity contribution is 7.88. The number of sulfonamides is 1. The number of hydrogen-bond acceptors (Lipinski definition) is 5. The molecule has 0 amide bonds. The summed E-state index contributed by atoms with van der Waals surface area (Å²) in [5.74, 6) is 1.78. The molecule has 1 aromatic heterocycles. The van der Waals surface area contributed by atoms with E-state index in [-0.39, 0.29) is 11.8 Å². The highest BCUT2D eigenvalue weighted by atomic mass is 32.2. The van der Waals surface area contributed by atoms with Crippen LogP contribution in [0.5, 0.6) is 0 Å². The molecular weight excluding hydrogens is 362 g/mol. The Morgan fingerprint density at radius 2 is 2.00 bits per heavy atom. The van der Waals surface area contributed by atoms with Crippen LogP contribution in [0.2, 0.25) is 0 Å². The van der Waals surface area contributed by atoms with Gasteiger partial charge in [0.25, 0.3) is 0 Å². The second kappa shape index (κ2) is 7.33. The van der Waals surface area contributed by atoms with E-state index in [4.69, 9.17) is 0 Å². The van der Waals surface area contributed by atoms with Gasteiger partial charge in [-0.3, -0.25) is 4.90 Å². The Kier molecular flexibility index (Phi) is 5.05. The molecule has 8 heteroatoms. The lowest BCUT2D eigenvalue weighted by Crippen LogP contribution is -2.41. The number of piperidine rings is 1. The molecule has 0 N–H and O–H groups in total. The average molecular weight is 390 g/mol. The molecule has 1 saturated heterocycles. The van der Waals surface area contributed by atoms with Gasteiger partial charge in [0, 0.05) is 19.6 Å². The monoisotopic (exact) mass is 389 g/mol. The van der Waals surface area contributed by atoms with Crippen LogP contribution in [0.15, 0.2) is 24.3 Å². The predicted molar refractivity (Wildman–Crippen MR) is 103 cm³/mol. The van der Waals surface area contributed by atoms with Gasteiger partial charge in [-0.1, -0.05) is 36.2 Å². The van der Waals surface area contributed by atoms with E-state index in [9.17, 15) is 8.42 Å². The fourth-order valence-corrected chi connectivity index (χ4v) is 5.90. The molecule has 0 aliphatic carbocycles. The number of benzene rings is 1. The van der Waals surface area contributed by atoms with E-state index in [2.05, 4.69) is 26.7 Å². The molecule has 0 radical (unpaired) electrons. The molecule has 0 saturated carbocycles. The van der Waals surface area contributed by atoms with Crippen LogP contribution in [0.4, 0.5) is 0 Å². The Morgan fingerprint density at radius 1 is 1.15 bits per heavy atom. The van der Waals surface area contributed by atoms with Crippen LogP contribution < -0.4 is 0 Å². The molecule has 4 rings (SSSR count). The normalized spacial score (nSPS) is 21.9. The topological polar surface area (TPSA) is 71.3 Å². The highest BCUT2D eigenvalue weighted by Crippen LogP contribution is 2.34. The van der Waals surface area contributed by atoms with Crippen LogP contribution in [0.3, 0.4) is 0 Å². The van der Waals surface area contributed by atoms with E-state index < -0.39 is 10.0 Å². The summed E-state index contributed by atoms with van der Waals surface area (Å²) in [5.41, 5.74) is 1.91. The Balaban J connectivity index is 1.63. The van der Waals surface area contributed by atoms with Gasteiger partial charge in [0.15, 0.2) is 5.82 Å². The van der Waals surface area contributed by atoms with Crippen molar-refractivity contribution in [2.75, 3.05) is 20.1 Å². The predicted octanol–water partition coefficient (Wildman–Crippen LogP) is 2.09. The minimum atomic E-state index is -3.42. The Labute approximate surface area is 161 Å². The second-order valence-electron chi connectivity index (χ2n) is 7.73. The molecule has 0 bridgehead atoms. The third kappa shape index (κ3) is 3.79. The van der Waals surface area contributed by atoms with Crippen molar-refractivity contribution in [2.45, 2.75) is 51.1 Å².